The Morgan fingerprint density at radius 3 is 2.25 bits per heavy atom. The second-order valence-corrected chi connectivity index (χ2v) is 10.7. The molecule has 1 fully saturated rings. The molecule has 2 nitrogen and oxygen atoms in total. The van der Waals surface area contributed by atoms with E-state index in [1.165, 1.54) is 34.3 Å². The average molecular weight is 431 g/mol. The average Bonchev–Trinajstić information content (AvgIpc) is 2.90. The van der Waals surface area contributed by atoms with Gasteiger partial charge in [-0.25, -0.2) is 0 Å². The SMILES string of the molecule is CCC12[I-]C[C@]1(CC)[C@@H]1N(C)c3ccccc3N1c1ccccc12. The molecule has 3 heterocycles. The maximum atomic E-state index is 2.66. The van der Waals surface area contributed by atoms with Crippen molar-refractivity contribution < 1.29 is 21.2 Å². The number of hydrogen-bond acceptors (Lipinski definition) is 2. The third-order valence-electron chi connectivity index (χ3n) is 6.66. The summed E-state index contributed by atoms with van der Waals surface area (Å²) in [6.45, 7) is 4.86. The number of hydrogen-bond donors (Lipinski definition) is 0. The van der Waals surface area contributed by atoms with Crippen LogP contribution in [0.5, 0.6) is 0 Å². The fourth-order valence-electron chi connectivity index (χ4n) is 5.51. The Hall–Kier alpha value is -1.23. The molecule has 0 amide bonds. The number of para-hydroxylation sites is 3. The summed E-state index contributed by atoms with van der Waals surface area (Å²) in [6, 6.07) is 18.2. The van der Waals surface area contributed by atoms with Crippen LogP contribution in [0.1, 0.15) is 32.3 Å². The van der Waals surface area contributed by atoms with Crippen molar-refractivity contribution in [3.63, 3.8) is 0 Å². The fraction of sp³-hybridized carbons (Fsp3) is 0.429. The van der Waals surface area contributed by atoms with Crippen molar-refractivity contribution in [1.82, 2.24) is 0 Å². The van der Waals surface area contributed by atoms with Crippen LogP contribution in [-0.4, -0.2) is 17.6 Å². The summed E-state index contributed by atoms with van der Waals surface area (Å²) in [7, 11) is 2.31. The molecule has 1 unspecified atom stereocenters. The maximum absolute atomic E-state index is 2.66. The minimum absolute atomic E-state index is 0.223. The summed E-state index contributed by atoms with van der Waals surface area (Å²) in [5, 5.41) is 0. The molecular weight excluding hydrogens is 407 g/mol. The molecule has 3 aliphatic rings. The molecule has 24 heavy (non-hydrogen) atoms. The molecule has 3 aliphatic heterocycles. The van der Waals surface area contributed by atoms with Crippen molar-refractivity contribution in [1.29, 1.82) is 0 Å². The van der Waals surface area contributed by atoms with Crippen LogP contribution < -0.4 is 31.0 Å². The van der Waals surface area contributed by atoms with Crippen molar-refractivity contribution in [3.05, 3.63) is 54.1 Å². The third-order valence-corrected chi connectivity index (χ3v) is 12.1. The first-order chi connectivity index (χ1) is 11.7. The molecule has 0 N–H and O–H groups in total. The quantitative estimate of drug-likeness (QED) is 0.528. The van der Waals surface area contributed by atoms with Gasteiger partial charge < -0.3 is 0 Å². The zero-order chi connectivity index (χ0) is 16.5. The van der Waals surface area contributed by atoms with E-state index in [1.54, 1.807) is 5.56 Å². The van der Waals surface area contributed by atoms with Crippen LogP contribution >= 0.6 is 0 Å². The van der Waals surface area contributed by atoms with Crippen LogP contribution in [0.15, 0.2) is 48.5 Å². The van der Waals surface area contributed by atoms with Gasteiger partial charge in [0.05, 0.1) is 0 Å². The van der Waals surface area contributed by atoms with Crippen LogP contribution in [0, 0.1) is 5.41 Å². The molecule has 5 rings (SSSR count). The number of halogens is 1. The Balaban J connectivity index is 1.84. The van der Waals surface area contributed by atoms with Crippen molar-refractivity contribution in [2.24, 2.45) is 5.41 Å². The normalized spacial score (nSPS) is 32.9. The fourth-order valence-corrected chi connectivity index (χ4v) is 10.8. The Bertz CT molecular complexity index is 811. The van der Waals surface area contributed by atoms with Crippen molar-refractivity contribution in [2.75, 3.05) is 21.3 Å². The summed E-state index contributed by atoms with van der Waals surface area (Å²) < 4.78 is 1.90. The second-order valence-electron chi connectivity index (χ2n) is 7.29. The number of fused-ring (bicyclic) bond motifs is 8. The predicted molar refractivity (Wildman–Crippen MR) is 96.8 cm³/mol. The van der Waals surface area contributed by atoms with Crippen LogP contribution in [0.2, 0.25) is 0 Å². The topological polar surface area (TPSA) is 6.48 Å². The van der Waals surface area contributed by atoms with E-state index in [1.807, 2.05) is 0 Å². The predicted octanol–water partition coefficient (Wildman–Crippen LogP) is 1.72. The number of nitrogens with zero attached hydrogens (tertiary/aromatic N) is 2. The molecule has 2 aromatic carbocycles. The molecule has 0 aliphatic carbocycles. The van der Waals surface area contributed by atoms with Gasteiger partial charge in [-0.2, -0.15) is 0 Å². The summed E-state index contributed by atoms with van der Waals surface area (Å²) >= 11 is 0.223. The van der Waals surface area contributed by atoms with Gasteiger partial charge in [-0.3, -0.25) is 0 Å². The van der Waals surface area contributed by atoms with E-state index in [9.17, 15) is 0 Å². The number of alkyl halides is 2. The van der Waals surface area contributed by atoms with E-state index in [4.69, 9.17) is 0 Å². The van der Waals surface area contributed by atoms with Crippen LogP contribution in [0.4, 0.5) is 17.1 Å². The van der Waals surface area contributed by atoms with Crippen LogP contribution in [0.3, 0.4) is 0 Å². The van der Waals surface area contributed by atoms with Crippen molar-refractivity contribution in [3.8, 4) is 0 Å². The van der Waals surface area contributed by atoms with E-state index in [-0.39, 0.29) is 21.2 Å². The third kappa shape index (κ3) is 1.45. The van der Waals surface area contributed by atoms with E-state index in [2.05, 4.69) is 79.2 Å². The summed E-state index contributed by atoms with van der Waals surface area (Å²) in [5.41, 5.74) is 6.28. The number of benzene rings is 2. The summed E-state index contributed by atoms with van der Waals surface area (Å²) in [5.74, 6) is 0. The molecule has 3 heteroatoms. The van der Waals surface area contributed by atoms with Crippen molar-refractivity contribution in [2.45, 2.75) is 36.3 Å². The van der Waals surface area contributed by atoms with E-state index >= 15 is 0 Å². The Morgan fingerprint density at radius 1 is 0.958 bits per heavy atom. The van der Waals surface area contributed by atoms with Crippen LogP contribution in [0.25, 0.3) is 0 Å². The molecule has 1 saturated heterocycles. The van der Waals surface area contributed by atoms with E-state index in [0.29, 0.717) is 15.0 Å². The Kier molecular flexibility index (Phi) is 3.08. The van der Waals surface area contributed by atoms with Gasteiger partial charge in [0.15, 0.2) is 0 Å². The molecule has 0 spiro atoms. The second kappa shape index (κ2) is 4.90. The molecule has 0 saturated carbocycles. The minimum atomic E-state index is 0.223. The Labute approximate surface area is 155 Å². The Morgan fingerprint density at radius 2 is 1.62 bits per heavy atom. The van der Waals surface area contributed by atoms with Crippen molar-refractivity contribution >= 4 is 17.1 Å². The molecule has 0 radical (unpaired) electrons. The molecule has 0 bridgehead atoms. The van der Waals surface area contributed by atoms with Gasteiger partial charge in [0.2, 0.25) is 0 Å². The van der Waals surface area contributed by atoms with Crippen LogP contribution in [-0.2, 0) is 3.42 Å². The van der Waals surface area contributed by atoms with Gasteiger partial charge >= 0.3 is 155 Å². The first-order valence-electron chi connectivity index (χ1n) is 9.01. The van der Waals surface area contributed by atoms with Gasteiger partial charge in [0.25, 0.3) is 0 Å². The molecule has 3 atom stereocenters. The number of rotatable bonds is 2. The first-order valence-corrected chi connectivity index (χ1v) is 11.6. The molecule has 0 aromatic heterocycles. The van der Waals surface area contributed by atoms with Gasteiger partial charge in [0.1, 0.15) is 0 Å². The van der Waals surface area contributed by atoms with E-state index < -0.39 is 0 Å². The molecule has 126 valence electrons. The first kappa shape index (κ1) is 15.1. The zero-order valence-corrected chi connectivity index (χ0v) is 16.7. The monoisotopic (exact) mass is 431 g/mol. The standard InChI is InChI=1S/C21H24IN2/c1-4-20-14-22-21(20,5-2)15-10-6-7-11-16(15)24-18-13-9-8-12-17(18)23(3)19(20)24/h6-13,19H,4-5,14H2,1-3H3/q-1/t19-,20-,21?/m1/s1. The van der Waals surface area contributed by atoms with Gasteiger partial charge in [-0.1, -0.05) is 0 Å². The molecular formula is C21H24IN2-. The molecule has 2 aromatic rings. The van der Waals surface area contributed by atoms with Gasteiger partial charge in [0, 0.05) is 0 Å². The van der Waals surface area contributed by atoms with Gasteiger partial charge in [-0.15, -0.1) is 0 Å². The summed E-state index contributed by atoms with van der Waals surface area (Å²) in [4.78, 5) is 5.23. The zero-order valence-electron chi connectivity index (χ0n) is 14.6. The van der Waals surface area contributed by atoms with Gasteiger partial charge in [-0.05, 0) is 0 Å². The summed E-state index contributed by atoms with van der Waals surface area (Å²) in [6.07, 6.45) is 3.04. The van der Waals surface area contributed by atoms with E-state index in [0.717, 1.165) is 0 Å². The number of anilines is 3.